The minimum absolute atomic E-state index is 0.00609. The summed E-state index contributed by atoms with van der Waals surface area (Å²) in [6.45, 7) is 2.46. The molecule has 3 rings (SSSR count). The molecule has 2 aliphatic carbocycles. The fourth-order valence-electron chi connectivity index (χ4n) is 4.13. The van der Waals surface area contributed by atoms with Gasteiger partial charge in [0, 0.05) is 12.5 Å². The van der Waals surface area contributed by atoms with Crippen molar-refractivity contribution < 1.29 is 9.72 Å². The predicted octanol–water partition coefficient (Wildman–Crippen LogP) is 2.12. The number of carbonyl (C=O) groups excluding carboxylic acids is 1. The second-order valence-corrected chi connectivity index (χ2v) is 6.64. The summed E-state index contributed by atoms with van der Waals surface area (Å²) in [7, 11) is 0. The number of hydrogen-bond acceptors (Lipinski definition) is 4. The zero-order valence-corrected chi connectivity index (χ0v) is 12.8. The highest BCUT2D eigenvalue weighted by Crippen LogP contribution is 2.49. The first kappa shape index (κ1) is 15.0. The van der Waals surface area contributed by atoms with Crippen LogP contribution in [0.1, 0.15) is 39.0 Å². The van der Waals surface area contributed by atoms with Crippen molar-refractivity contribution in [3.8, 4) is 0 Å². The molecule has 0 unspecified atom stereocenters. The normalized spacial score (nSPS) is 27.8. The van der Waals surface area contributed by atoms with Crippen molar-refractivity contribution in [2.75, 3.05) is 0 Å². The predicted molar refractivity (Wildman–Crippen MR) is 80.0 cm³/mol. The van der Waals surface area contributed by atoms with Crippen molar-refractivity contribution in [3.63, 3.8) is 0 Å². The van der Waals surface area contributed by atoms with Gasteiger partial charge in [-0.2, -0.15) is 4.68 Å². The zero-order valence-electron chi connectivity index (χ0n) is 12.8. The molecule has 22 heavy (non-hydrogen) atoms. The van der Waals surface area contributed by atoms with Gasteiger partial charge in [0.15, 0.2) is 0 Å². The van der Waals surface area contributed by atoms with E-state index >= 15 is 0 Å². The average Bonchev–Trinajstić information content (AvgIpc) is 3.20. The number of rotatable bonds is 6. The summed E-state index contributed by atoms with van der Waals surface area (Å²) in [4.78, 5) is 22.1. The van der Waals surface area contributed by atoms with Crippen molar-refractivity contribution in [2.45, 2.75) is 51.6 Å². The quantitative estimate of drug-likeness (QED) is 0.644. The molecule has 0 spiro atoms. The average molecular weight is 306 g/mol. The smallest absolute Gasteiger partial charge is 0.358 e. The number of nitro groups is 1. The van der Waals surface area contributed by atoms with Crippen LogP contribution < -0.4 is 5.32 Å². The molecule has 4 atom stereocenters. The fraction of sp³-hybridized carbons (Fsp3) is 0.733. The van der Waals surface area contributed by atoms with E-state index in [0.29, 0.717) is 18.9 Å². The lowest BCUT2D eigenvalue weighted by Gasteiger charge is -2.28. The van der Waals surface area contributed by atoms with Crippen LogP contribution in [0, 0.1) is 27.9 Å². The van der Waals surface area contributed by atoms with E-state index in [4.69, 9.17) is 0 Å². The Labute approximate surface area is 129 Å². The van der Waals surface area contributed by atoms with Crippen LogP contribution in [0.5, 0.6) is 0 Å². The van der Waals surface area contributed by atoms with Gasteiger partial charge in [-0.1, -0.05) is 6.42 Å². The molecule has 0 aliphatic heterocycles. The lowest BCUT2D eigenvalue weighted by atomic mass is 9.84. The van der Waals surface area contributed by atoms with Crippen LogP contribution >= 0.6 is 0 Å². The number of nitrogens with one attached hydrogen (secondary N) is 1. The topological polar surface area (TPSA) is 90.1 Å². The maximum atomic E-state index is 12.0. The first-order valence-electron chi connectivity index (χ1n) is 8.00. The summed E-state index contributed by atoms with van der Waals surface area (Å²) in [5.41, 5.74) is 0. The Morgan fingerprint density at radius 3 is 2.95 bits per heavy atom. The molecule has 1 amide bonds. The van der Waals surface area contributed by atoms with Gasteiger partial charge >= 0.3 is 5.82 Å². The Morgan fingerprint density at radius 1 is 1.55 bits per heavy atom. The van der Waals surface area contributed by atoms with Gasteiger partial charge in [-0.05, 0) is 48.9 Å². The van der Waals surface area contributed by atoms with Crippen LogP contribution in [-0.4, -0.2) is 26.7 Å². The third-order valence-corrected chi connectivity index (χ3v) is 5.21. The molecule has 0 saturated heterocycles. The minimum atomic E-state index is -0.534. The Bertz CT molecular complexity index is 571. The Morgan fingerprint density at radius 2 is 2.36 bits per heavy atom. The summed E-state index contributed by atoms with van der Waals surface area (Å²) >= 11 is 0. The highest BCUT2D eigenvalue weighted by Gasteiger charge is 2.42. The van der Waals surface area contributed by atoms with E-state index in [1.165, 1.54) is 42.6 Å². The number of aromatic nitrogens is 2. The number of fused-ring (bicyclic) bond motifs is 2. The van der Waals surface area contributed by atoms with Crippen LogP contribution in [0.4, 0.5) is 5.82 Å². The molecule has 2 saturated carbocycles. The van der Waals surface area contributed by atoms with E-state index in [1.54, 1.807) is 0 Å². The second kappa shape index (κ2) is 6.06. The molecule has 2 aliphatic rings. The first-order valence-corrected chi connectivity index (χ1v) is 8.00. The summed E-state index contributed by atoms with van der Waals surface area (Å²) in [5, 5.41) is 17.5. The Kier molecular flexibility index (Phi) is 4.13. The lowest BCUT2D eigenvalue weighted by Crippen LogP contribution is -2.40. The first-order chi connectivity index (χ1) is 10.5. The zero-order chi connectivity index (χ0) is 15.7. The monoisotopic (exact) mass is 306 g/mol. The molecule has 1 heterocycles. The molecule has 0 radical (unpaired) electrons. The Balaban J connectivity index is 1.45. The molecular formula is C15H22N4O3. The number of carbonyl (C=O) groups is 1. The van der Waals surface area contributed by atoms with E-state index in [-0.39, 0.29) is 17.8 Å². The highest BCUT2D eigenvalue weighted by atomic mass is 16.6. The number of aryl methyl sites for hydroxylation is 1. The maximum absolute atomic E-state index is 12.0. The van der Waals surface area contributed by atoms with Gasteiger partial charge in [0.2, 0.25) is 5.91 Å². The molecule has 0 aromatic carbocycles. The fourth-order valence-corrected chi connectivity index (χ4v) is 4.13. The van der Waals surface area contributed by atoms with Crippen LogP contribution in [0.25, 0.3) is 0 Å². The molecule has 1 aromatic rings. The number of nitrogens with zero attached hydrogens (tertiary/aromatic N) is 3. The largest absolute Gasteiger partial charge is 0.389 e. The van der Waals surface area contributed by atoms with Crippen LogP contribution in [0.2, 0.25) is 0 Å². The van der Waals surface area contributed by atoms with E-state index in [1.807, 2.05) is 0 Å². The molecule has 120 valence electrons. The van der Waals surface area contributed by atoms with Crippen molar-refractivity contribution >= 4 is 11.7 Å². The lowest BCUT2D eigenvalue weighted by molar-refractivity contribution is -0.389. The van der Waals surface area contributed by atoms with Gasteiger partial charge in [-0.15, -0.1) is 0 Å². The van der Waals surface area contributed by atoms with E-state index < -0.39 is 4.92 Å². The molecule has 2 bridgehead atoms. The molecular weight excluding hydrogens is 284 g/mol. The van der Waals surface area contributed by atoms with E-state index in [2.05, 4.69) is 17.3 Å². The third-order valence-electron chi connectivity index (χ3n) is 5.21. The number of amides is 1. The summed E-state index contributed by atoms with van der Waals surface area (Å²) < 4.78 is 1.44. The van der Waals surface area contributed by atoms with Crippen molar-refractivity contribution in [2.24, 2.45) is 17.8 Å². The summed E-state index contributed by atoms with van der Waals surface area (Å²) in [6.07, 6.45) is 7.08. The van der Waals surface area contributed by atoms with Gasteiger partial charge in [0.1, 0.15) is 0 Å². The standard InChI is InChI=1S/C15H22N4O3/c1-10(13-9-11-2-3-12(13)8-11)16-15(20)5-7-18-6-4-14(17-18)19(21)22/h4,6,10-13H,2-3,5,7-9H2,1H3,(H,16,20)/t10-,11-,12-,13-/m1/s1. The van der Waals surface area contributed by atoms with Crippen molar-refractivity contribution in [1.29, 1.82) is 0 Å². The molecule has 1 aromatic heterocycles. The summed E-state index contributed by atoms with van der Waals surface area (Å²) in [5.74, 6) is 2.09. The maximum Gasteiger partial charge on any atom is 0.389 e. The van der Waals surface area contributed by atoms with Gasteiger partial charge in [0.05, 0.1) is 23.9 Å². The molecule has 7 nitrogen and oxygen atoms in total. The van der Waals surface area contributed by atoms with E-state index in [9.17, 15) is 14.9 Å². The van der Waals surface area contributed by atoms with Gasteiger partial charge in [-0.3, -0.25) is 4.79 Å². The SMILES string of the molecule is C[C@@H](NC(=O)CCn1ccc([N+](=O)[O-])n1)[C@H]1C[C@@H]2CC[C@@H]1C2. The second-order valence-electron chi connectivity index (χ2n) is 6.64. The molecule has 1 N–H and O–H groups in total. The van der Waals surface area contributed by atoms with Gasteiger partial charge in [-0.25, -0.2) is 0 Å². The molecule has 2 fully saturated rings. The van der Waals surface area contributed by atoms with Gasteiger partial charge < -0.3 is 15.4 Å². The minimum Gasteiger partial charge on any atom is -0.358 e. The van der Waals surface area contributed by atoms with Gasteiger partial charge in [0.25, 0.3) is 0 Å². The molecule has 7 heteroatoms. The Hall–Kier alpha value is -1.92. The van der Waals surface area contributed by atoms with Crippen molar-refractivity contribution in [3.05, 3.63) is 22.4 Å². The highest BCUT2D eigenvalue weighted by molar-refractivity contribution is 5.76. The van der Waals surface area contributed by atoms with Crippen LogP contribution in [0.15, 0.2) is 12.3 Å². The van der Waals surface area contributed by atoms with Crippen LogP contribution in [0.3, 0.4) is 0 Å². The summed E-state index contributed by atoms with van der Waals surface area (Å²) in [6, 6.07) is 1.56. The van der Waals surface area contributed by atoms with Crippen molar-refractivity contribution in [1.82, 2.24) is 15.1 Å². The third kappa shape index (κ3) is 3.13. The number of hydrogen-bond donors (Lipinski definition) is 1. The van der Waals surface area contributed by atoms with Crippen LogP contribution in [-0.2, 0) is 11.3 Å². The van der Waals surface area contributed by atoms with E-state index in [0.717, 1.165) is 11.8 Å².